The molecule has 3 aromatic rings. The molecule has 1 amide bonds. The third-order valence-corrected chi connectivity index (χ3v) is 5.89. The number of nitrogens with zero attached hydrogens (tertiary/aromatic N) is 2. The number of hydrogen-bond donors (Lipinski definition) is 0. The number of benzene rings is 2. The predicted octanol–water partition coefficient (Wildman–Crippen LogP) is 3.48. The number of esters is 1. The summed E-state index contributed by atoms with van der Waals surface area (Å²) in [6, 6.07) is 9.70. The molecule has 29 heavy (non-hydrogen) atoms. The highest BCUT2D eigenvalue weighted by atomic mass is 32.1. The highest BCUT2D eigenvalue weighted by Gasteiger charge is 2.13. The zero-order valence-electron chi connectivity index (χ0n) is 17.2. The zero-order chi connectivity index (χ0) is 21.1. The molecule has 0 N–H and O–H groups in total. The van der Waals surface area contributed by atoms with Crippen LogP contribution in [0, 0.1) is 20.8 Å². The zero-order valence-corrected chi connectivity index (χ0v) is 18.1. The van der Waals surface area contributed by atoms with E-state index in [2.05, 4.69) is 11.1 Å². The number of methoxy groups -OCH3 is 2. The van der Waals surface area contributed by atoms with E-state index in [0.29, 0.717) is 4.80 Å². The van der Waals surface area contributed by atoms with Gasteiger partial charge in [-0.05, 0) is 61.2 Å². The van der Waals surface area contributed by atoms with Gasteiger partial charge in [-0.1, -0.05) is 23.5 Å². The van der Waals surface area contributed by atoms with Crippen molar-refractivity contribution in [3.63, 3.8) is 0 Å². The van der Waals surface area contributed by atoms with Crippen LogP contribution >= 0.6 is 11.3 Å². The number of ether oxygens (including phenoxy) is 2. The van der Waals surface area contributed by atoms with E-state index in [9.17, 15) is 9.59 Å². The van der Waals surface area contributed by atoms with Crippen LogP contribution in [0.3, 0.4) is 0 Å². The maximum atomic E-state index is 12.6. The van der Waals surface area contributed by atoms with Gasteiger partial charge in [0.1, 0.15) is 12.3 Å². The van der Waals surface area contributed by atoms with Gasteiger partial charge in [-0.25, -0.2) is 0 Å². The average Bonchev–Trinajstić information content (AvgIpc) is 2.98. The molecule has 0 spiro atoms. The SMILES string of the molecule is COC(=O)Cn1c(=NC(=O)Cc2ccc(OC)c(C)c2)sc2cc(C)c(C)cc21. The number of amides is 1. The van der Waals surface area contributed by atoms with Crippen LogP contribution in [-0.4, -0.2) is 30.7 Å². The van der Waals surface area contributed by atoms with Gasteiger partial charge in [-0.2, -0.15) is 4.99 Å². The maximum Gasteiger partial charge on any atom is 0.325 e. The fourth-order valence-corrected chi connectivity index (χ4v) is 4.25. The monoisotopic (exact) mass is 412 g/mol. The van der Waals surface area contributed by atoms with Gasteiger partial charge in [0.2, 0.25) is 0 Å². The van der Waals surface area contributed by atoms with E-state index in [1.54, 1.807) is 11.7 Å². The molecule has 0 aliphatic rings. The first-order chi connectivity index (χ1) is 13.8. The summed E-state index contributed by atoms with van der Waals surface area (Å²) in [7, 11) is 2.97. The van der Waals surface area contributed by atoms with Crippen LogP contribution in [0.5, 0.6) is 5.75 Å². The van der Waals surface area contributed by atoms with Crippen molar-refractivity contribution in [2.45, 2.75) is 33.7 Å². The molecule has 0 radical (unpaired) electrons. The highest BCUT2D eigenvalue weighted by Crippen LogP contribution is 2.22. The van der Waals surface area contributed by atoms with Gasteiger partial charge in [-0.15, -0.1) is 0 Å². The van der Waals surface area contributed by atoms with E-state index in [1.165, 1.54) is 18.4 Å². The van der Waals surface area contributed by atoms with Gasteiger partial charge in [0, 0.05) is 0 Å². The minimum absolute atomic E-state index is 0.00670. The second kappa shape index (κ2) is 8.61. The predicted molar refractivity (Wildman–Crippen MR) is 113 cm³/mol. The van der Waals surface area contributed by atoms with Crippen molar-refractivity contribution < 1.29 is 19.1 Å². The molecule has 0 bridgehead atoms. The Labute approximate surface area is 173 Å². The molecule has 3 rings (SSSR count). The molecule has 1 aromatic heterocycles. The summed E-state index contributed by atoms with van der Waals surface area (Å²) < 4.78 is 12.8. The Balaban J connectivity index is 2.01. The second-order valence-electron chi connectivity index (χ2n) is 6.94. The third kappa shape index (κ3) is 4.56. The average molecular weight is 413 g/mol. The molecular formula is C22H24N2O4S. The number of hydrogen-bond acceptors (Lipinski definition) is 5. The molecule has 0 saturated heterocycles. The van der Waals surface area contributed by atoms with Crippen LogP contribution in [0.2, 0.25) is 0 Å². The molecule has 1 heterocycles. The summed E-state index contributed by atoms with van der Waals surface area (Å²) in [4.78, 5) is 29.4. The summed E-state index contributed by atoms with van der Waals surface area (Å²) in [6.07, 6.45) is 0.176. The molecular weight excluding hydrogens is 388 g/mol. The number of carbonyl (C=O) groups excluding carboxylic acids is 2. The first-order valence-electron chi connectivity index (χ1n) is 9.21. The fourth-order valence-electron chi connectivity index (χ4n) is 3.12. The van der Waals surface area contributed by atoms with E-state index in [-0.39, 0.29) is 24.8 Å². The summed E-state index contributed by atoms with van der Waals surface area (Å²) >= 11 is 1.40. The lowest BCUT2D eigenvalue weighted by Crippen LogP contribution is -2.22. The van der Waals surface area contributed by atoms with Crippen molar-refractivity contribution in [1.29, 1.82) is 0 Å². The van der Waals surface area contributed by atoms with Crippen LogP contribution in [-0.2, 0) is 27.3 Å². The van der Waals surface area contributed by atoms with Crippen LogP contribution in [0.15, 0.2) is 35.3 Å². The Morgan fingerprint density at radius 3 is 2.41 bits per heavy atom. The molecule has 6 nitrogen and oxygen atoms in total. The minimum atomic E-state index is -0.386. The van der Waals surface area contributed by atoms with Crippen molar-refractivity contribution in [3.8, 4) is 5.75 Å². The number of thiazole rings is 1. The first-order valence-corrected chi connectivity index (χ1v) is 10.0. The Bertz CT molecular complexity index is 1160. The van der Waals surface area contributed by atoms with Crippen LogP contribution < -0.4 is 9.54 Å². The Hall–Kier alpha value is -2.93. The number of carbonyl (C=O) groups is 2. The van der Waals surface area contributed by atoms with E-state index in [1.807, 2.05) is 45.0 Å². The lowest BCUT2D eigenvalue weighted by Gasteiger charge is -2.06. The molecule has 0 aliphatic carbocycles. The van der Waals surface area contributed by atoms with Gasteiger partial charge in [0.05, 0.1) is 30.9 Å². The number of rotatable bonds is 5. The smallest absolute Gasteiger partial charge is 0.325 e. The van der Waals surface area contributed by atoms with E-state index in [4.69, 9.17) is 9.47 Å². The maximum absolute atomic E-state index is 12.6. The molecule has 2 aromatic carbocycles. The number of aryl methyl sites for hydroxylation is 3. The van der Waals surface area contributed by atoms with Gasteiger partial charge >= 0.3 is 5.97 Å². The standard InChI is InChI=1S/C22H24N2O4S/c1-13-9-17-19(10-14(13)2)29-22(24(17)12-21(26)28-5)23-20(25)11-16-6-7-18(27-4)15(3)8-16/h6-10H,11-12H2,1-5H3. The van der Waals surface area contributed by atoms with Gasteiger partial charge < -0.3 is 14.0 Å². The molecule has 0 unspecified atom stereocenters. The molecule has 152 valence electrons. The van der Waals surface area contributed by atoms with Gasteiger partial charge in [0.15, 0.2) is 4.80 Å². The van der Waals surface area contributed by atoms with E-state index in [0.717, 1.165) is 38.2 Å². The molecule has 0 aliphatic heterocycles. The summed E-state index contributed by atoms with van der Waals surface area (Å²) in [5.41, 5.74) is 4.96. The topological polar surface area (TPSA) is 69.9 Å². The van der Waals surface area contributed by atoms with E-state index < -0.39 is 0 Å². The Morgan fingerprint density at radius 1 is 1.03 bits per heavy atom. The lowest BCUT2D eigenvalue weighted by atomic mass is 10.1. The highest BCUT2D eigenvalue weighted by molar-refractivity contribution is 7.16. The second-order valence-corrected chi connectivity index (χ2v) is 7.95. The summed E-state index contributed by atoms with van der Waals surface area (Å²) in [5, 5.41) is 0. The van der Waals surface area contributed by atoms with Crippen molar-refractivity contribution in [2.75, 3.05) is 14.2 Å². The Kier molecular flexibility index (Phi) is 6.17. The first kappa shape index (κ1) is 20.8. The number of fused-ring (bicyclic) bond motifs is 1. The van der Waals surface area contributed by atoms with Gasteiger partial charge in [0.25, 0.3) is 5.91 Å². The summed E-state index contributed by atoms with van der Waals surface area (Å²) in [6.45, 7) is 5.99. The summed E-state index contributed by atoms with van der Waals surface area (Å²) in [5.74, 6) is 0.125. The fraction of sp³-hybridized carbons (Fsp3) is 0.318. The van der Waals surface area contributed by atoms with Crippen LogP contribution in [0.1, 0.15) is 22.3 Å². The lowest BCUT2D eigenvalue weighted by molar-refractivity contribution is -0.141. The van der Waals surface area contributed by atoms with Crippen molar-refractivity contribution in [1.82, 2.24) is 4.57 Å². The molecule has 0 atom stereocenters. The Morgan fingerprint density at radius 2 is 1.76 bits per heavy atom. The molecule has 0 saturated carbocycles. The van der Waals surface area contributed by atoms with Crippen LogP contribution in [0.4, 0.5) is 0 Å². The largest absolute Gasteiger partial charge is 0.496 e. The van der Waals surface area contributed by atoms with E-state index >= 15 is 0 Å². The quantitative estimate of drug-likeness (QED) is 0.602. The van der Waals surface area contributed by atoms with Crippen molar-refractivity contribution in [3.05, 3.63) is 57.4 Å². The molecule has 7 heteroatoms. The third-order valence-electron chi connectivity index (χ3n) is 4.85. The van der Waals surface area contributed by atoms with Crippen molar-refractivity contribution in [2.24, 2.45) is 4.99 Å². The normalized spacial score (nSPS) is 11.7. The van der Waals surface area contributed by atoms with Crippen LogP contribution in [0.25, 0.3) is 10.2 Å². The minimum Gasteiger partial charge on any atom is -0.496 e. The molecule has 0 fully saturated rings. The number of aromatic nitrogens is 1. The van der Waals surface area contributed by atoms with Crippen molar-refractivity contribution >= 4 is 33.4 Å². The van der Waals surface area contributed by atoms with Gasteiger partial charge in [-0.3, -0.25) is 9.59 Å².